The SMILES string of the molecule is Cc1ncccc1C(=O)N=c1nc2cc(Br)ccc2c2n1CCN2. The molecule has 120 valence electrons. The van der Waals surface area contributed by atoms with E-state index in [2.05, 4.69) is 36.2 Å². The van der Waals surface area contributed by atoms with E-state index in [4.69, 9.17) is 0 Å². The molecule has 4 rings (SSSR count). The van der Waals surface area contributed by atoms with E-state index in [0.29, 0.717) is 16.9 Å². The van der Waals surface area contributed by atoms with Gasteiger partial charge in [0.2, 0.25) is 5.62 Å². The van der Waals surface area contributed by atoms with Crippen LogP contribution in [0.2, 0.25) is 0 Å². The first-order chi connectivity index (χ1) is 11.6. The second-order valence-corrected chi connectivity index (χ2v) is 6.47. The number of halogens is 1. The molecular weight excluding hydrogens is 370 g/mol. The zero-order valence-electron chi connectivity index (χ0n) is 13.0. The van der Waals surface area contributed by atoms with Crippen molar-refractivity contribution < 1.29 is 4.79 Å². The summed E-state index contributed by atoms with van der Waals surface area (Å²) in [6, 6.07) is 9.38. The second-order valence-electron chi connectivity index (χ2n) is 5.55. The lowest BCUT2D eigenvalue weighted by Gasteiger charge is -2.08. The maximum atomic E-state index is 12.5. The molecule has 7 heteroatoms. The highest BCUT2D eigenvalue weighted by atomic mass is 79.9. The highest BCUT2D eigenvalue weighted by Gasteiger charge is 2.16. The number of benzene rings is 1. The molecule has 24 heavy (non-hydrogen) atoms. The van der Waals surface area contributed by atoms with E-state index in [-0.39, 0.29) is 5.91 Å². The van der Waals surface area contributed by atoms with Crippen molar-refractivity contribution in [3.05, 3.63) is 57.9 Å². The van der Waals surface area contributed by atoms with Gasteiger partial charge >= 0.3 is 0 Å². The Balaban J connectivity index is 1.94. The van der Waals surface area contributed by atoms with Crippen molar-refractivity contribution in [2.75, 3.05) is 11.9 Å². The number of aryl methyl sites for hydroxylation is 1. The van der Waals surface area contributed by atoms with Gasteiger partial charge in [0.15, 0.2) is 0 Å². The van der Waals surface area contributed by atoms with Gasteiger partial charge in [0, 0.05) is 29.1 Å². The number of rotatable bonds is 1. The van der Waals surface area contributed by atoms with Crippen molar-refractivity contribution in [2.45, 2.75) is 13.5 Å². The molecule has 3 aromatic rings. The first-order valence-corrected chi connectivity index (χ1v) is 8.37. The Morgan fingerprint density at radius 3 is 3.08 bits per heavy atom. The highest BCUT2D eigenvalue weighted by molar-refractivity contribution is 9.10. The highest BCUT2D eigenvalue weighted by Crippen LogP contribution is 2.25. The lowest BCUT2D eigenvalue weighted by Crippen LogP contribution is -2.25. The molecule has 1 aliphatic rings. The lowest BCUT2D eigenvalue weighted by atomic mass is 10.2. The third kappa shape index (κ3) is 2.50. The minimum atomic E-state index is -0.330. The van der Waals surface area contributed by atoms with E-state index in [1.165, 1.54) is 0 Å². The van der Waals surface area contributed by atoms with Crippen molar-refractivity contribution in [3.63, 3.8) is 0 Å². The van der Waals surface area contributed by atoms with Crippen molar-refractivity contribution >= 4 is 38.6 Å². The van der Waals surface area contributed by atoms with E-state index in [1.54, 1.807) is 25.3 Å². The van der Waals surface area contributed by atoms with Gasteiger partial charge in [-0.3, -0.25) is 14.3 Å². The van der Waals surface area contributed by atoms with Gasteiger partial charge < -0.3 is 5.32 Å². The molecule has 2 aromatic heterocycles. The average molecular weight is 384 g/mol. The Bertz CT molecular complexity index is 1040. The molecule has 0 saturated heterocycles. The Hall–Kier alpha value is -2.54. The summed E-state index contributed by atoms with van der Waals surface area (Å²) in [4.78, 5) is 25.5. The number of hydrogen-bond acceptors (Lipinski definition) is 4. The van der Waals surface area contributed by atoms with Gasteiger partial charge in [-0.15, -0.1) is 0 Å². The zero-order chi connectivity index (χ0) is 16.7. The van der Waals surface area contributed by atoms with Crippen molar-refractivity contribution in [1.29, 1.82) is 0 Å². The summed E-state index contributed by atoms with van der Waals surface area (Å²) < 4.78 is 2.88. The molecule has 1 N–H and O–H groups in total. The number of nitrogens with zero attached hydrogens (tertiary/aromatic N) is 4. The third-order valence-electron chi connectivity index (χ3n) is 4.01. The maximum Gasteiger partial charge on any atom is 0.282 e. The number of carbonyl (C=O) groups excluding carboxylic acids is 1. The Kier molecular flexibility index (Phi) is 3.65. The summed E-state index contributed by atoms with van der Waals surface area (Å²) in [5.41, 5.74) is 2.36. The molecule has 0 saturated carbocycles. The number of carbonyl (C=O) groups is 1. The zero-order valence-corrected chi connectivity index (χ0v) is 14.5. The summed E-state index contributed by atoms with van der Waals surface area (Å²) in [7, 11) is 0. The molecule has 0 bridgehead atoms. The van der Waals surface area contributed by atoms with Gasteiger partial charge in [-0.2, -0.15) is 4.99 Å². The van der Waals surface area contributed by atoms with E-state index in [0.717, 1.165) is 34.3 Å². The number of anilines is 1. The smallest absolute Gasteiger partial charge is 0.282 e. The Morgan fingerprint density at radius 2 is 2.25 bits per heavy atom. The predicted octanol–water partition coefficient (Wildman–Crippen LogP) is 2.67. The van der Waals surface area contributed by atoms with E-state index >= 15 is 0 Å². The van der Waals surface area contributed by atoms with Gasteiger partial charge in [0.1, 0.15) is 5.82 Å². The van der Waals surface area contributed by atoms with Gasteiger partial charge in [-0.1, -0.05) is 15.9 Å². The number of pyridine rings is 1. The molecule has 1 aromatic carbocycles. The summed E-state index contributed by atoms with van der Waals surface area (Å²) in [5.74, 6) is 0.617. The van der Waals surface area contributed by atoms with Crippen LogP contribution in [-0.4, -0.2) is 27.0 Å². The number of nitrogens with one attached hydrogen (secondary N) is 1. The molecule has 1 aliphatic heterocycles. The van der Waals surface area contributed by atoms with E-state index in [9.17, 15) is 4.79 Å². The molecule has 0 spiro atoms. The van der Waals surface area contributed by atoms with Crippen LogP contribution in [0.4, 0.5) is 5.82 Å². The fraction of sp³-hybridized carbons (Fsp3) is 0.176. The number of hydrogen-bond donors (Lipinski definition) is 1. The van der Waals surface area contributed by atoms with Crippen LogP contribution in [0.15, 0.2) is 46.0 Å². The van der Waals surface area contributed by atoms with Crippen LogP contribution in [-0.2, 0) is 6.54 Å². The minimum Gasteiger partial charge on any atom is -0.369 e. The topological polar surface area (TPSA) is 72.2 Å². The van der Waals surface area contributed by atoms with Gasteiger partial charge in [0.05, 0.1) is 16.8 Å². The predicted molar refractivity (Wildman–Crippen MR) is 94.8 cm³/mol. The summed E-state index contributed by atoms with van der Waals surface area (Å²) >= 11 is 3.46. The normalized spacial score (nSPS) is 13.8. The molecule has 1 amide bonds. The van der Waals surface area contributed by atoms with Crippen LogP contribution in [0.1, 0.15) is 16.1 Å². The fourth-order valence-corrected chi connectivity index (χ4v) is 3.20. The van der Waals surface area contributed by atoms with Crippen molar-refractivity contribution in [1.82, 2.24) is 14.5 Å². The van der Waals surface area contributed by atoms with Crippen LogP contribution < -0.4 is 10.9 Å². The quantitative estimate of drug-likeness (QED) is 0.700. The molecule has 0 unspecified atom stereocenters. The van der Waals surface area contributed by atoms with Crippen molar-refractivity contribution in [3.8, 4) is 0 Å². The molecule has 0 radical (unpaired) electrons. The van der Waals surface area contributed by atoms with Gasteiger partial charge in [-0.25, -0.2) is 4.98 Å². The molecule has 3 heterocycles. The monoisotopic (exact) mass is 383 g/mol. The number of fused-ring (bicyclic) bond motifs is 3. The molecule has 0 atom stereocenters. The van der Waals surface area contributed by atoms with Gasteiger partial charge in [-0.05, 0) is 37.3 Å². The van der Waals surface area contributed by atoms with E-state index < -0.39 is 0 Å². The second kappa shape index (κ2) is 5.83. The summed E-state index contributed by atoms with van der Waals surface area (Å²) in [6.45, 7) is 3.32. The summed E-state index contributed by atoms with van der Waals surface area (Å²) in [5, 5.41) is 4.36. The molecule has 6 nitrogen and oxygen atoms in total. The Morgan fingerprint density at radius 1 is 1.38 bits per heavy atom. The van der Waals surface area contributed by atoms with Crippen LogP contribution in [0, 0.1) is 6.92 Å². The first-order valence-electron chi connectivity index (χ1n) is 7.58. The molecule has 0 fully saturated rings. The van der Waals surface area contributed by atoms with Crippen LogP contribution in [0.25, 0.3) is 10.9 Å². The third-order valence-corrected chi connectivity index (χ3v) is 4.51. The fourth-order valence-electron chi connectivity index (χ4n) is 2.85. The first kappa shape index (κ1) is 15.0. The lowest BCUT2D eigenvalue weighted by molar-refractivity contribution is 0.0995. The van der Waals surface area contributed by atoms with Crippen LogP contribution >= 0.6 is 15.9 Å². The number of aromatic nitrogens is 3. The standard InChI is InChI=1S/C17H14BrN5O/c1-10-12(3-2-6-19-10)16(24)22-17-21-14-9-11(18)4-5-13(14)15-20-7-8-23(15)17/h2-6,9,20H,7-8H2,1H3. The summed E-state index contributed by atoms with van der Waals surface area (Å²) in [6.07, 6.45) is 1.66. The molecular formula is C17H14BrN5O. The molecule has 0 aliphatic carbocycles. The van der Waals surface area contributed by atoms with E-state index in [1.807, 2.05) is 22.8 Å². The van der Waals surface area contributed by atoms with Crippen LogP contribution in [0.5, 0.6) is 0 Å². The maximum absolute atomic E-state index is 12.5. The van der Waals surface area contributed by atoms with Crippen molar-refractivity contribution in [2.24, 2.45) is 4.99 Å². The van der Waals surface area contributed by atoms with Crippen LogP contribution in [0.3, 0.4) is 0 Å². The minimum absolute atomic E-state index is 0.330. The van der Waals surface area contributed by atoms with Gasteiger partial charge in [0.25, 0.3) is 5.91 Å². The largest absolute Gasteiger partial charge is 0.369 e. The average Bonchev–Trinajstić information content (AvgIpc) is 3.05. The number of amides is 1. The Labute approximate surface area is 146 Å².